The monoisotopic (exact) mass is 340 g/mol. The van der Waals surface area contributed by atoms with Crippen molar-refractivity contribution < 1.29 is 9.90 Å². The van der Waals surface area contributed by atoms with E-state index >= 15 is 0 Å². The summed E-state index contributed by atoms with van der Waals surface area (Å²) in [5.41, 5.74) is 0.632. The van der Waals surface area contributed by atoms with Gasteiger partial charge in [-0.1, -0.05) is 36.4 Å². The van der Waals surface area contributed by atoms with Gasteiger partial charge in [-0.05, 0) is 43.0 Å². The molecule has 1 aromatic heterocycles. The van der Waals surface area contributed by atoms with Crippen molar-refractivity contribution in [1.82, 2.24) is 5.32 Å². The van der Waals surface area contributed by atoms with Crippen LogP contribution in [0.5, 0.6) is 0 Å². The number of aryl methyl sites for hydroxylation is 1. The van der Waals surface area contributed by atoms with Gasteiger partial charge in [0, 0.05) is 15.3 Å². The Morgan fingerprint density at radius 1 is 1.17 bits per heavy atom. The second kappa shape index (κ2) is 6.63. The molecule has 2 aromatic carbocycles. The molecule has 0 bridgehead atoms. The van der Waals surface area contributed by atoms with Gasteiger partial charge in [0.15, 0.2) is 0 Å². The van der Waals surface area contributed by atoms with Crippen molar-refractivity contribution in [3.63, 3.8) is 0 Å². The summed E-state index contributed by atoms with van der Waals surface area (Å²) in [5, 5.41) is 17.4. The van der Waals surface area contributed by atoms with Gasteiger partial charge in [0.2, 0.25) is 0 Å². The number of urea groups is 1. The molecule has 3 rings (SSSR count). The number of carbonyl (C=O) groups excluding carboxylic acids is 1. The van der Waals surface area contributed by atoms with E-state index in [1.165, 1.54) is 0 Å². The summed E-state index contributed by atoms with van der Waals surface area (Å²) >= 11 is 1.54. The van der Waals surface area contributed by atoms with Gasteiger partial charge in [-0.2, -0.15) is 0 Å². The summed E-state index contributed by atoms with van der Waals surface area (Å²) < 4.78 is 1.12. The van der Waals surface area contributed by atoms with Crippen molar-refractivity contribution in [2.24, 2.45) is 0 Å². The minimum absolute atomic E-state index is 0.136. The molecule has 2 amide bonds. The summed E-state index contributed by atoms with van der Waals surface area (Å²) in [6.45, 7) is 3.78. The topological polar surface area (TPSA) is 61.4 Å². The lowest BCUT2D eigenvalue weighted by Crippen LogP contribution is -2.40. The van der Waals surface area contributed by atoms with Gasteiger partial charge in [0.1, 0.15) is 5.60 Å². The molecule has 1 heterocycles. The molecule has 24 heavy (non-hydrogen) atoms. The molecule has 3 aromatic rings. The third-order valence-corrected chi connectivity index (χ3v) is 5.31. The fourth-order valence-corrected chi connectivity index (χ4v) is 3.57. The van der Waals surface area contributed by atoms with E-state index in [9.17, 15) is 9.90 Å². The first kappa shape index (κ1) is 16.5. The number of fused-ring (bicyclic) bond motifs is 1. The smallest absolute Gasteiger partial charge is 0.319 e. The van der Waals surface area contributed by atoms with Crippen LogP contribution < -0.4 is 10.6 Å². The molecule has 3 N–H and O–H groups in total. The number of nitrogens with one attached hydrogen (secondary N) is 2. The van der Waals surface area contributed by atoms with Crippen molar-refractivity contribution in [2.45, 2.75) is 19.4 Å². The number of carbonyl (C=O) groups is 1. The van der Waals surface area contributed by atoms with E-state index in [-0.39, 0.29) is 12.6 Å². The number of para-hydroxylation sites is 1. The highest BCUT2D eigenvalue weighted by Gasteiger charge is 2.26. The maximum atomic E-state index is 12.1. The number of hydrogen-bond donors (Lipinski definition) is 3. The van der Waals surface area contributed by atoms with Crippen molar-refractivity contribution in [3.8, 4) is 0 Å². The van der Waals surface area contributed by atoms with Gasteiger partial charge in [-0.25, -0.2) is 4.79 Å². The van der Waals surface area contributed by atoms with Crippen LogP contribution in [0.1, 0.15) is 17.4 Å². The van der Waals surface area contributed by atoms with Gasteiger partial charge in [0.05, 0.1) is 6.54 Å². The molecule has 124 valence electrons. The summed E-state index contributed by atoms with van der Waals surface area (Å²) in [7, 11) is 0. The number of anilines is 1. The van der Waals surface area contributed by atoms with E-state index in [4.69, 9.17) is 0 Å². The molecule has 0 saturated heterocycles. The normalized spacial score (nSPS) is 13.5. The molecular weight excluding hydrogens is 320 g/mol. The summed E-state index contributed by atoms with van der Waals surface area (Å²) in [6, 6.07) is 17.2. The average Bonchev–Trinajstić information content (AvgIpc) is 3.00. The second-order valence-electron chi connectivity index (χ2n) is 6.04. The average molecular weight is 340 g/mol. The van der Waals surface area contributed by atoms with E-state index in [0.717, 1.165) is 26.2 Å². The van der Waals surface area contributed by atoms with Crippen molar-refractivity contribution >= 4 is 33.1 Å². The van der Waals surface area contributed by atoms with E-state index < -0.39 is 5.60 Å². The zero-order valence-electron chi connectivity index (χ0n) is 13.7. The Hall–Kier alpha value is -2.37. The molecule has 4 nitrogen and oxygen atoms in total. The SMILES string of the molecule is Cc1ccccc1NC(=O)NC[C@](C)(O)c1cc2ccccc2s1. The Balaban J connectivity index is 1.66. The molecule has 0 saturated carbocycles. The van der Waals surface area contributed by atoms with Gasteiger partial charge < -0.3 is 15.7 Å². The van der Waals surface area contributed by atoms with Crippen LogP contribution in [0.4, 0.5) is 10.5 Å². The molecule has 5 heteroatoms. The highest BCUT2D eigenvalue weighted by atomic mass is 32.1. The number of amides is 2. The molecule has 0 fully saturated rings. The minimum Gasteiger partial charge on any atom is -0.383 e. The van der Waals surface area contributed by atoms with Crippen LogP contribution in [0, 0.1) is 6.92 Å². The summed E-state index contributed by atoms with van der Waals surface area (Å²) in [4.78, 5) is 12.9. The zero-order chi connectivity index (χ0) is 17.2. The predicted molar refractivity (Wildman–Crippen MR) is 99.6 cm³/mol. The summed E-state index contributed by atoms with van der Waals surface area (Å²) in [5.74, 6) is 0. The third kappa shape index (κ3) is 3.58. The van der Waals surface area contributed by atoms with E-state index in [1.807, 2.05) is 61.5 Å². The molecule has 0 radical (unpaired) electrons. The lowest BCUT2D eigenvalue weighted by atomic mass is 10.0. The number of aliphatic hydroxyl groups is 1. The Morgan fingerprint density at radius 2 is 1.88 bits per heavy atom. The Bertz CT molecular complexity index is 837. The molecule has 0 aliphatic heterocycles. The summed E-state index contributed by atoms with van der Waals surface area (Å²) in [6.07, 6.45) is 0. The number of benzene rings is 2. The Labute approximate surface area is 145 Å². The first-order valence-electron chi connectivity index (χ1n) is 7.78. The minimum atomic E-state index is -1.12. The van der Waals surface area contributed by atoms with Gasteiger partial charge in [-0.15, -0.1) is 11.3 Å². The first-order chi connectivity index (χ1) is 11.5. The van der Waals surface area contributed by atoms with E-state index in [2.05, 4.69) is 10.6 Å². The van der Waals surface area contributed by atoms with Crippen LogP contribution in [0.25, 0.3) is 10.1 Å². The van der Waals surface area contributed by atoms with Crippen LogP contribution in [0.15, 0.2) is 54.6 Å². The number of rotatable bonds is 4. The van der Waals surface area contributed by atoms with Crippen molar-refractivity contribution in [3.05, 3.63) is 65.0 Å². The molecule has 0 unspecified atom stereocenters. The maximum Gasteiger partial charge on any atom is 0.319 e. The van der Waals surface area contributed by atoms with E-state index in [0.29, 0.717) is 0 Å². The largest absolute Gasteiger partial charge is 0.383 e. The lowest BCUT2D eigenvalue weighted by molar-refractivity contribution is 0.0638. The number of thiophene rings is 1. The third-order valence-electron chi connectivity index (χ3n) is 3.94. The highest BCUT2D eigenvalue weighted by molar-refractivity contribution is 7.19. The van der Waals surface area contributed by atoms with Crippen LogP contribution in [0.3, 0.4) is 0 Å². The molecule has 0 aliphatic rings. The molecular formula is C19H20N2O2S. The van der Waals surface area contributed by atoms with Crippen LogP contribution in [-0.2, 0) is 5.60 Å². The van der Waals surface area contributed by atoms with Gasteiger partial charge in [-0.3, -0.25) is 0 Å². The zero-order valence-corrected chi connectivity index (χ0v) is 14.5. The maximum absolute atomic E-state index is 12.1. The Kier molecular flexibility index (Phi) is 4.55. The van der Waals surface area contributed by atoms with Crippen LogP contribution in [0.2, 0.25) is 0 Å². The first-order valence-corrected chi connectivity index (χ1v) is 8.59. The van der Waals surface area contributed by atoms with Gasteiger partial charge >= 0.3 is 6.03 Å². The quantitative estimate of drug-likeness (QED) is 0.665. The number of hydrogen-bond acceptors (Lipinski definition) is 3. The van der Waals surface area contributed by atoms with Crippen molar-refractivity contribution in [2.75, 3.05) is 11.9 Å². The second-order valence-corrected chi connectivity index (χ2v) is 7.13. The van der Waals surface area contributed by atoms with E-state index in [1.54, 1.807) is 18.3 Å². The fourth-order valence-electron chi connectivity index (χ4n) is 2.47. The van der Waals surface area contributed by atoms with Crippen molar-refractivity contribution in [1.29, 1.82) is 0 Å². The Morgan fingerprint density at radius 3 is 2.62 bits per heavy atom. The molecule has 1 atom stereocenters. The van der Waals surface area contributed by atoms with Crippen LogP contribution >= 0.6 is 11.3 Å². The lowest BCUT2D eigenvalue weighted by Gasteiger charge is -2.22. The predicted octanol–water partition coefficient (Wildman–Crippen LogP) is 4.24. The van der Waals surface area contributed by atoms with Gasteiger partial charge in [0.25, 0.3) is 0 Å². The highest BCUT2D eigenvalue weighted by Crippen LogP contribution is 2.32. The fraction of sp³-hybridized carbons (Fsp3) is 0.211. The molecule has 0 aliphatic carbocycles. The standard InChI is InChI=1S/C19H20N2O2S/c1-13-7-3-5-9-15(13)21-18(22)20-12-19(2,23)17-11-14-8-4-6-10-16(14)24-17/h3-11,23H,12H2,1-2H3,(H2,20,21,22)/t19-/m0/s1. The van der Waals surface area contributed by atoms with Crippen LogP contribution in [-0.4, -0.2) is 17.7 Å². The molecule has 0 spiro atoms.